The maximum Gasteiger partial charge on any atom is 0.0593 e. The maximum absolute atomic E-state index is 5.67. The van der Waals surface area contributed by atoms with Crippen molar-refractivity contribution in [3.63, 3.8) is 0 Å². The molecule has 0 amide bonds. The van der Waals surface area contributed by atoms with E-state index in [-0.39, 0.29) is 0 Å². The zero-order valence-corrected chi connectivity index (χ0v) is 12.0. The molecule has 0 aromatic heterocycles. The predicted octanol–water partition coefficient (Wildman–Crippen LogP) is 1.98. The molecule has 1 rings (SSSR count). The van der Waals surface area contributed by atoms with E-state index in [1.165, 1.54) is 19.3 Å². The van der Waals surface area contributed by atoms with Crippen LogP contribution in [-0.4, -0.2) is 51.3 Å². The van der Waals surface area contributed by atoms with Crippen LogP contribution in [0.2, 0.25) is 0 Å². The van der Waals surface area contributed by atoms with Crippen LogP contribution in [0.1, 0.15) is 33.1 Å². The smallest absolute Gasteiger partial charge is 0.0593 e. The monoisotopic (exact) mass is 242 g/mol. The van der Waals surface area contributed by atoms with Gasteiger partial charge in [0.1, 0.15) is 0 Å². The number of ether oxygens (including phenoxy) is 1. The summed E-state index contributed by atoms with van der Waals surface area (Å²) in [6, 6.07) is 0.591. The first-order chi connectivity index (χ1) is 8.17. The standard InChI is InChI=1S/C14H30N2O/c1-5-12(2)14(15-3)10-16(4)8-9-17-11-13-6-7-13/h12-15H,5-11H2,1-4H3. The van der Waals surface area contributed by atoms with Gasteiger partial charge in [-0.15, -0.1) is 0 Å². The molecule has 0 heterocycles. The molecule has 3 heteroatoms. The van der Waals surface area contributed by atoms with Gasteiger partial charge < -0.3 is 15.0 Å². The van der Waals surface area contributed by atoms with E-state index in [4.69, 9.17) is 4.74 Å². The molecule has 0 spiro atoms. The molecule has 1 N–H and O–H groups in total. The molecule has 0 radical (unpaired) electrons. The van der Waals surface area contributed by atoms with Gasteiger partial charge in [-0.1, -0.05) is 20.3 Å². The van der Waals surface area contributed by atoms with E-state index >= 15 is 0 Å². The van der Waals surface area contributed by atoms with Gasteiger partial charge in [0, 0.05) is 25.7 Å². The highest BCUT2D eigenvalue weighted by Crippen LogP contribution is 2.28. The molecule has 0 aromatic rings. The molecular formula is C14H30N2O. The van der Waals surface area contributed by atoms with E-state index in [0.717, 1.165) is 38.1 Å². The van der Waals surface area contributed by atoms with E-state index in [9.17, 15) is 0 Å². The van der Waals surface area contributed by atoms with E-state index in [2.05, 4.69) is 38.2 Å². The number of hydrogen-bond acceptors (Lipinski definition) is 3. The van der Waals surface area contributed by atoms with E-state index < -0.39 is 0 Å². The topological polar surface area (TPSA) is 24.5 Å². The van der Waals surface area contributed by atoms with Gasteiger partial charge >= 0.3 is 0 Å². The SMILES string of the molecule is CCC(C)C(CN(C)CCOCC1CC1)NC. The van der Waals surface area contributed by atoms with Gasteiger partial charge in [0.05, 0.1) is 6.61 Å². The van der Waals surface area contributed by atoms with Crippen molar-refractivity contribution >= 4 is 0 Å². The second kappa shape index (κ2) is 8.06. The Bertz CT molecular complexity index is 195. The Morgan fingerprint density at radius 1 is 1.41 bits per heavy atom. The van der Waals surface area contributed by atoms with Crippen molar-refractivity contribution in [2.24, 2.45) is 11.8 Å². The lowest BCUT2D eigenvalue weighted by molar-refractivity contribution is 0.0987. The summed E-state index contributed by atoms with van der Waals surface area (Å²) >= 11 is 0. The van der Waals surface area contributed by atoms with E-state index in [1.54, 1.807) is 0 Å². The quantitative estimate of drug-likeness (QED) is 0.593. The summed E-state index contributed by atoms with van der Waals surface area (Å²) in [5.41, 5.74) is 0. The summed E-state index contributed by atoms with van der Waals surface area (Å²) in [5.74, 6) is 1.61. The molecule has 1 saturated carbocycles. The fourth-order valence-electron chi connectivity index (χ4n) is 2.02. The normalized spacial score (nSPS) is 19.6. The predicted molar refractivity (Wildman–Crippen MR) is 73.3 cm³/mol. The zero-order valence-electron chi connectivity index (χ0n) is 12.0. The Balaban J connectivity index is 2.06. The number of hydrogen-bond donors (Lipinski definition) is 1. The third kappa shape index (κ3) is 6.39. The average Bonchev–Trinajstić information content (AvgIpc) is 3.14. The largest absolute Gasteiger partial charge is 0.380 e. The lowest BCUT2D eigenvalue weighted by Gasteiger charge is -2.27. The Hall–Kier alpha value is -0.120. The summed E-state index contributed by atoms with van der Waals surface area (Å²) < 4.78 is 5.67. The van der Waals surface area contributed by atoms with Crippen molar-refractivity contribution in [3.05, 3.63) is 0 Å². The fourth-order valence-corrected chi connectivity index (χ4v) is 2.02. The van der Waals surface area contributed by atoms with Gasteiger partial charge in [0.25, 0.3) is 0 Å². The number of nitrogens with zero attached hydrogens (tertiary/aromatic N) is 1. The zero-order chi connectivity index (χ0) is 12.7. The second-order valence-electron chi connectivity index (χ2n) is 5.56. The minimum atomic E-state index is 0.591. The first-order valence-electron chi connectivity index (χ1n) is 7.10. The average molecular weight is 242 g/mol. The third-order valence-electron chi connectivity index (χ3n) is 3.88. The first kappa shape index (κ1) is 14.9. The van der Waals surface area contributed by atoms with Crippen LogP contribution in [0, 0.1) is 11.8 Å². The third-order valence-corrected chi connectivity index (χ3v) is 3.88. The molecule has 2 unspecified atom stereocenters. The molecular weight excluding hydrogens is 212 g/mol. The Kier molecular flexibility index (Phi) is 7.09. The molecule has 0 aromatic carbocycles. The summed E-state index contributed by atoms with van der Waals surface area (Å²) in [6.07, 6.45) is 3.99. The lowest BCUT2D eigenvalue weighted by Crippen LogP contribution is -2.42. The first-order valence-corrected chi connectivity index (χ1v) is 7.10. The van der Waals surface area contributed by atoms with Crippen LogP contribution >= 0.6 is 0 Å². The van der Waals surface area contributed by atoms with E-state index in [1.807, 2.05) is 0 Å². The summed E-state index contributed by atoms with van der Waals surface area (Å²) in [7, 11) is 4.25. The van der Waals surface area contributed by atoms with Crippen molar-refractivity contribution < 1.29 is 4.74 Å². The molecule has 17 heavy (non-hydrogen) atoms. The summed E-state index contributed by atoms with van der Waals surface area (Å²) in [5, 5.41) is 3.42. The van der Waals surface area contributed by atoms with Crippen LogP contribution in [0.4, 0.5) is 0 Å². The van der Waals surface area contributed by atoms with Gasteiger partial charge in [0.2, 0.25) is 0 Å². The fraction of sp³-hybridized carbons (Fsp3) is 1.00. The molecule has 2 atom stereocenters. The van der Waals surface area contributed by atoms with Gasteiger partial charge in [-0.3, -0.25) is 0 Å². The van der Waals surface area contributed by atoms with Crippen molar-refractivity contribution in [3.8, 4) is 0 Å². The highest BCUT2D eigenvalue weighted by Gasteiger charge is 2.21. The Morgan fingerprint density at radius 3 is 2.65 bits per heavy atom. The summed E-state index contributed by atoms with van der Waals surface area (Å²) in [6.45, 7) is 8.59. The van der Waals surface area contributed by atoms with Gasteiger partial charge in [-0.2, -0.15) is 0 Å². The van der Waals surface area contributed by atoms with E-state index in [0.29, 0.717) is 6.04 Å². The molecule has 1 aliphatic carbocycles. The minimum absolute atomic E-state index is 0.591. The number of nitrogens with one attached hydrogen (secondary N) is 1. The molecule has 1 aliphatic rings. The van der Waals surface area contributed by atoms with Crippen molar-refractivity contribution in [2.45, 2.75) is 39.2 Å². The van der Waals surface area contributed by atoms with Crippen molar-refractivity contribution in [1.29, 1.82) is 0 Å². The molecule has 102 valence electrons. The van der Waals surface area contributed by atoms with Crippen LogP contribution in [0.15, 0.2) is 0 Å². The van der Waals surface area contributed by atoms with Gasteiger partial charge in [-0.25, -0.2) is 0 Å². The second-order valence-corrected chi connectivity index (χ2v) is 5.56. The van der Waals surface area contributed by atoms with Crippen LogP contribution in [0.5, 0.6) is 0 Å². The van der Waals surface area contributed by atoms with Crippen LogP contribution in [-0.2, 0) is 4.74 Å². The summed E-state index contributed by atoms with van der Waals surface area (Å²) in [4.78, 5) is 2.38. The van der Waals surface area contributed by atoms with Crippen LogP contribution < -0.4 is 5.32 Å². The number of rotatable bonds is 10. The molecule has 3 nitrogen and oxygen atoms in total. The lowest BCUT2D eigenvalue weighted by atomic mass is 9.99. The maximum atomic E-state index is 5.67. The molecule has 1 fully saturated rings. The Labute approximate surface area is 107 Å². The van der Waals surface area contributed by atoms with Gasteiger partial charge in [0.15, 0.2) is 0 Å². The number of likely N-dealkylation sites (N-methyl/N-ethyl adjacent to an activating group) is 2. The van der Waals surface area contributed by atoms with Crippen LogP contribution in [0.25, 0.3) is 0 Å². The highest BCUT2D eigenvalue weighted by atomic mass is 16.5. The molecule has 0 aliphatic heterocycles. The molecule has 0 bridgehead atoms. The highest BCUT2D eigenvalue weighted by molar-refractivity contribution is 4.74. The van der Waals surface area contributed by atoms with Crippen molar-refractivity contribution in [1.82, 2.24) is 10.2 Å². The van der Waals surface area contributed by atoms with Crippen LogP contribution in [0.3, 0.4) is 0 Å². The van der Waals surface area contributed by atoms with Gasteiger partial charge in [-0.05, 0) is 38.8 Å². The minimum Gasteiger partial charge on any atom is -0.380 e. The Morgan fingerprint density at radius 2 is 2.12 bits per heavy atom. The molecule has 0 saturated heterocycles. The van der Waals surface area contributed by atoms with Crippen molar-refractivity contribution in [2.75, 3.05) is 40.4 Å².